The van der Waals surface area contributed by atoms with Crippen molar-refractivity contribution in [3.63, 3.8) is 0 Å². The van der Waals surface area contributed by atoms with Gasteiger partial charge in [-0.3, -0.25) is 4.79 Å². The fourth-order valence-electron chi connectivity index (χ4n) is 4.43. The number of nitrogens with zero attached hydrogens (tertiary/aromatic N) is 2. The third-order valence-electron chi connectivity index (χ3n) is 5.99. The first kappa shape index (κ1) is 18.1. The molecule has 1 fully saturated rings. The van der Waals surface area contributed by atoms with Gasteiger partial charge in [-0.25, -0.2) is 0 Å². The minimum atomic E-state index is -0.0187. The van der Waals surface area contributed by atoms with E-state index in [1.54, 1.807) is 0 Å². The van der Waals surface area contributed by atoms with Gasteiger partial charge in [0.25, 0.3) is 0 Å². The fraction of sp³-hybridized carbons (Fsp3) is 0.333. The third kappa shape index (κ3) is 3.47. The van der Waals surface area contributed by atoms with Crippen molar-refractivity contribution < 1.29 is 14.1 Å². The molecule has 1 amide bonds. The zero-order valence-corrected chi connectivity index (χ0v) is 16.3. The van der Waals surface area contributed by atoms with Crippen LogP contribution in [0.2, 0.25) is 0 Å². The van der Waals surface area contributed by atoms with Crippen molar-refractivity contribution in [2.24, 2.45) is 5.92 Å². The van der Waals surface area contributed by atoms with Gasteiger partial charge < -0.3 is 14.2 Å². The molecule has 2 aliphatic rings. The molecule has 3 heterocycles. The first-order valence-corrected chi connectivity index (χ1v) is 10.2. The third-order valence-corrected chi connectivity index (χ3v) is 5.99. The molecule has 2 aromatic carbocycles. The number of carbonyl (C=O) groups is 1. The molecule has 0 radical (unpaired) electrons. The quantitative estimate of drug-likeness (QED) is 0.683. The molecule has 0 saturated carbocycles. The van der Waals surface area contributed by atoms with Crippen LogP contribution < -0.4 is 0 Å². The van der Waals surface area contributed by atoms with E-state index in [4.69, 9.17) is 9.26 Å². The smallest absolute Gasteiger partial charge is 0.228 e. The summed E-state index contributed by atoms with van der Waals surface area (Å²) in [5.41, 5.74) is 4.31. The van der Waals surface area contributed by atoms with E-state index in [2.05, 4.69) is 29.4 Å². The van der Waals surface area contributed by atoms with Crippen LogP contribution in [0, 0.1) is 5.92 Å². The molecule has 0 spiro atoms. The normalized spacial score (nSPS) is 18.8. The predicted molar refractivity (Wildman–Crippen MR) is 108 cm³/mol. The number of aromatic nitrogens is 1. The van der Waals surface area contributed by atoms with Gasteiger partial charge in [0.05, 0.1) is 25.0 Å². The molecule has 0 unspecified atom stereocenters. The van der Waals surface area contributed by atoms with E-state index in [1.807, 2.05) is 41.3 Å². The summed E-state index contributed by atoms with van der Waals surface area (Å²) < 4.78 is 11.2. The van der Waals surface area contributed by atoms with Crippen molar-refractivity contribution in [3.8, 4) is 0 Å². The molecule has 5 nitrogen and oxygen atoms in total. The van der Waals surface area contributed by atoms with Crippen LogP contribution in [-0.4, -0.2) is 35.7 Å². The minimum absolute atomic E-state index is 0.0149. The second kappa shape index (κ2) is 7.84. The van der Waals surface area contributed by atoms with Crippen LogP contribution in [0.4, 0.5) is 0 Å². The molecule has 1 saturated heterocycles. The van der Waals surface area contributed by atoms with Crippen molar-refractivity contribution >= 4 is 5.91 Å². The van der Waals surface area contributed by atoms with Gasteiger partial charge in [0.1, 0.15) is 11.5 Å². The molecule has 3 aromatic rings. The highest BCUT2D eigenvalue weighted by atomic mass is 16.5. The maximum absolute atomic E-state index is 12.9. The molecule has 148 valence electrons. The Morgan fingerprint density at radius 3 is 2.34 bits per heavy atom. The Balaban J connectivity index is 1.51. The second-order valence-electron chi connectivity index (χ2n) is 7.79. The van der Waals surface area contributed by atoms with Crippen molar-refractivity contribution in [1.82, 2.24) is 10.1 Å². The molecule has 0 aliphatic carbocycles. The molecule has 5 heteroatoms. The summed E-state index contributed by atoms with van der Waals surface area (Å²) in [4.78, 5) is 14.9. The van der Waals surface area contributed by atoms with E-state index in [-0.39, 0.29) is 17.7 Å². The largest absolute Gasteiger partial charge is 0.381 e. The number of hydrogen-bond acceptors (Lipinski definition) is 4. The summed E-state index contributed by atoms with van der Waals surface area (Å²) >= 11 is 0. The molecular formula is C24H24N2O3. The highest BCUT2D eigenvalue weighted by Crippen LogP contribution is 2.36. The second-order valence-corrected chi connectivity index (χ2v) is 7.79. The fourth-order valence-corrected chi connectivity index (χ4v) is 4.43. The SMILES string of the molecule is O=C([C@H]1CCOC1)N1CCc2onc(C(c3ccccc3)c3ccccc3)c2C1. The number of ether oxygens (including phenoxy) is 1. The van der Waals surface area contributed by atoms with Gasteiger partial charge in [0, 0.05) is 25.1 Å². The van der Waals surface area contributed by atoms with Gasteiger partial charge in [-0.2, -0.15) is 0 Å². The van der Waals surface area contributed by atoms with E-state index in [9.17, 15) is 4.79 Å². The summed E-state index contributed by atoms with van der Waals surface area (Å²) in [5.74, 6) is 1.06. The average molecular weight is 388 g/mol. The van der Waals surface area contributed by atoms with E-state index in [1.165, 1.54) is 11.1 Å². The number of fused-ring (bicyclic) bond motifs is 1. The molecule has 0 N–H and O–H groups in total. The lowest BCUT2D eigenvalue weighted by molar-refractivity contribution is -0.136. The Bertz CT molecular complexity index is 938. The van der Waals surface area contributed by atoms with E-state index in [0.717, 1.165) is 23.4 Å². The van der Waals surface area contributed by atoms with Crippen LogP contribution in [0.5, 0.6) is 0 Å². The van der Waals surface area contributed by atoms with Gasteiger partial charge in [0.2, 0.25) is 5.91 Å². The first-order chi connectivity index (χ1) is 14.3. The summed E-state index contributed by atoms with van der Waals surface area (Å²) in [6.45, 7) is 2.45. The predicted octanol–water partition coefficient (Wildman–Crippen LogP) is 3.78. The maximum atomic E-state index is 12.9. The average Bonchev–Trinajstić information content (AvgIpc) is 3.45. The summed E-state index contributed by atoms with van der Waals surface area (Å²) in [5, 5.41) is 4.50. The van der Waals surface area contributed by atoms with Crippen LogP contribution in [0.25, 0.3) is 0 Å². The molecule has 1 aromatic heterocycles. The standard InChI is InChI=1S/C24H24N2O3/c27-24(19-12-14-28-16-19)26-13-11-21-20(15-26)23(25-29-21)22(17-7-3-1-4-8-17)18-9-5-2-6-10-18/h1-10,19,22H,11-16H2/t19-/m0/s1. The Hall–Kier alpha value is -2.92. The van der Waals surface area contributed by atoms with Crippen molar-refractivity contribution in [2.75, 3.05) is 19.8 Å². The van der Waals surface area contributed by atoms with E-state index < -0.39 is 0 Å². The lowest BCUT2D eigenvalue weighted by atomic mass is 9.85. The Morgan fingerprint density at radius 1 is 1.03 bits per heavy atom. The van der Waals surface area contributed by atoms with Crippen LogP contribution in [0.15, 0.2) is 65.2 Å². The van der Waals surface area contributed by atoms with E-state index >= 15 is 0 Å². The number of amides is 1. The van der Waals surface area contributed by atoms with Crippen LogP contribution in [-0.2, 0) is 22.5 Å². The van der Waals surface area contributed by atoms with Crippen molar-refractivity contribution in [2.45, 2.75) is 25.3 Å². The summed E-state index contributed by atoms with van der Waals surface area (Å²) in [6, 6.07) is 20.7. The molecule has 5 rings (SSSR count). The van der Waals surface area contributed by atoms with Gasteiger partial charge in [-0.15, -0.1) is 0 Å². The number of benzene rings is 2. The molecular weight excluding hydrogens is 364 g/mol. The van der Waals surface area contributed by atoms with Gasteiger partial charge in [-0.1, -0.05) is 65.8 Å². The highest BCUT2D eigenvalue weighted by molar-refractivity contribution is 5.79. The number of rotatable bonds is 4. The zero-order chi connectivity index (χ0) is 19.6. The van der Waals surface area contributed by atoms with Gasteiger partial charge in [-0.05, 0) is 17.5 Å². The number of carbonyl (C=O) groups excluding carboxylic acids is 1. The van der Waals surface area contributed by atoms with E-state index in [0.29, 0.717) is 32.7 Å². The summed E-state index contributed by atoms with van der Waals surface area (Å²) in [7, 11) is 0. The number of hydrogen-bond donors (Lipinski definition) is 0. The minimum Gasteiger partial charge on any atom is -0.381 e. The van der Waals surface area contributed by atoms with Crippen molar-refractivity contribution in [1.29, 1.82) is 0 Å². The van der Waals surface area contributed by atoms with Crippen LogP contribution >= 0.6 is 0 Å². The highest BCUT2D eigenvalue weighted by Gasteiger charge is 2.34. The zero-order valence-electron chi connectivity index (χ0n) is 16.3. The Labute approximate surface area is 170 Å². The van der Waals surface area contributed by atoms with Gasteiger partial charge in [0.15, 0.2) is 0 Å². The first-order valence-electron chi connectivity index (χ1n) is 10.2. The van der Waals surface area contributed by atoms with Crippen LogP contribution in [0.3, 0.4) is 0 Å². The molecule has 1 atom stereocenters. The Kier molecular flexibility index (Phi) is 4.90. The van der Waals surface area contributed by atoms with Gasteiger partial charge >= 0.3 is 0 Å². The molecule has 29 heavy (non-hydrogen) atoms. The monoisotopic (exact) mass is 388 g/mol. The topological polar surface area (TPSA) is 55.6 Å². The lowest BCUT2D eigenvalue weighted by Crippen LogP contribution is -2.40. The lowest BCUT2D eigenvalue weighted by Gasteiger charge is -2.29. The summed E-state index contributed by atoms with van der Waals surface area (Å²) in [6.07, 6.45) is 1.52. The molecule has 0 bridgehead atoms. The Morgan fingerprint density at radius 2 is 1.72 bits per heavy atom. The maximum Gasteiger partial charge on any atom is 0.228 e. The van der Waals surface area contributed by atoms with Crippen molar-refractivity contribution in [3.05, 3.63) is 88.8 Å². The molecule has 2 aliphatic heterocycles. The van der Waals surface area contributed by atoms with Crippen LogP contribution in [0.1, 0.15) is 40.5 Å².